The zero-order valence-corrected chi connectivity index (χ0v) is 28.4. The molecule has 0 unspecified atom stereocenters. The van der Waals surface area contributed by atoms with E-state index in [1.807, 2.05) is 17.0 Å². The lowest BCUT2D eigenvalue weighted by Gasteiger charge is -2.52. The number of hydrogen-bond acceptors (Lipinski definition) is 6. The molecule has 47 heavy (non-hydrogen) atoms. The largest absolute Gasteiger partial charge is 0.390 e. The van der Waals surface area contributed by atoms with E-state index in [-0.39, 0.29) is 36.0 Å². The number of rotatable bonds is 11. The van der Waals surface area contributed by atoms with Gasteiger partial charge in [0.1, 0.15) is 11.6 Å². The number of piperidine rings is 1. The van der Waals surface area contributed by atoms with Crippen LogP contribution >= 0.6 is 12.4 Å². The highest BCUT2D eigenvalue weighted by molar-refractivity contribution is 6.00. The first kappa shape index (κ1) is 36.4. The molecular weight excluding hydrogens is 618 g/mol. The average molecular weight is 668 g/mol. The standard InChI is InChI=1S/C36H49N5O5.ClH/c1-3-4-18-41-34(45)30(31(42)26-8-6-5-7-9-26)39-35(46)36(41)16-19-40(20-17-36)23-25-12-10-24(11-13-25)21-28-22-27(33(44)38-2)14-15-29(28)32(37)43;/h10-15,22,26,30-31,42H,3-9,16-21,23H2,1-2H3,(H2,37,43)(H,38,44)(H,39,46);1H/t30-,31-;/m1./s1. The zero-order valence-electron chi connectivity index (χ0n) is 27.6. The van der Waals surface area contributed by atoms with Crippen molar-refractivity contribution in [2.24, 2.45) is 11.7 Å². The van der Waals surface area contributed by atoms with Crippen LogP contribution in [0.2, 0.25) is 0 Å². The molecule has 256 valence electrons. The Balaban J connectivity index is 0.00000500. The summed E-state index contributed by atoms with van der Waals surface area (Å²) < 4.78 is 0. The van der Waals surface area contributed by atoms with Crippen LogP contribution in [0.1, 0.15) is 102 Å². The smallest absolute Gasteiger partial charge is 0.251 e. The van der Waals surface area contributed by atoms with Crippen molar-refractivity contribution in [3.8, 4) is 0 Å². The van der Waals surface area contributed by atoms with Gasteiger partial charge in [0.2, 0.25) is 17.7 Å². The van der Waals surface area contributed by atoms with E-state index < -0.39 is 23.6 Å². The number of carbonyl (C=O) groups excluding carboxylic acids is 4. The Hall–Kier alpha value is -3.47. The van der Waals surface area contributed by atoms with Crippen LogP contribution < -0.4 is 16.4 Å². The summed E-state index contributed by atoms with van der Waals surface area (Å²) in [5.41, 5.74) is 8.40. The lowest BCUT2D eigenvalue weighted by atomic mass is 9.78. The van der Waals surface area contributed by atoms with Gasteiger partial charge in [0, 0.05) is 44.4 Å². The second kappa shape index (κ2) is 16.1. The van der Waals surface area contributed by atoms with E-state index >= 15 is 0 Å². The molecule has 10 nitrogen and oxygen atoms in total. The van der Waals surface area contributed by atoms with E-state index in [0.717, 1.165) is 56.1 Å². The number of aliphatic hydroxyl groups excluding tert-OH is 1. The van der Waals surface area contributed by atoms with Gasteiger partial charge in [-0.05, 0) is 79.3 Å². The molecule has 1 spiro atoms. The number of nitrogens with zero attached hydrogens (tertiary/aromatic N) is 2. The van der Waals surface area contributed by atoms with Gasteiger partial charge in [0.15, 0.2) is 0 Å². The third-order valence-corrected chi connectivity index (χ3v) is 10.3. The number of amides is 4. The number of carbonyl (C=O) groups is 4. The first-order chi connectivity index (χ1) is 22.2. The summed E-state index contributed by atoms with van der Waals surface area (Å²) in [6.07, 6.45) is 7.53. The molecule has 0 aromatic heterocycles. The Kier molecular flexibility index (Phi) is 12.4. The molecule has 11 heteroatoms. The molecule has 3 aliphatic rings. The van der Waals surface area contributed by atoms with E-state index in [1.54, 1.807) is 25.2 Å². The molecule has 2 aromatic rings. The predicted octanol–water partition coefficient (Wildman–Crippen LogP) is 3.56. The minimum Gasteiger partial charge on any atom is -0.390 e. The zero-order chi connectivity index (χ0) is 32.8. The Bertz CT molecular complexity index is 1420. The lowest BCUT2D eigenvalue weighted by molar-refractivity contribution is -0.166. The molecule has 5 N–H and O–H groups in total. The summed E-state index contributed by atoms with van der Waals surface area (Å²) in [6, 6.07) is 12.2. The number of unbranched alkanes of at least 4 members (excludes halogenated alkanes) is 1. The summed E-state index contributed by atoms with van der Waals surface area (Å²) in [7, 11) is 1.57. The van der Waals surface area contributed by atoms with Crippen molar-refractivity contribution in [1.82, 2.24) is 20.4 Å². The fourth-order valence-corrected chi connectivity index (χ4v) is 7.54. The monoisotopic (exact) mass is 667 g/mol. The molecule has 2 atom stereocenters. The molecular formula is C36H50ClN5O5. The van der Waals surface area contributed by atoms with Gasteiger partial charge in [-0.25, -0.2) is 0 Å². The quantitative estimate of drug-likeness (QED) is 0.289. The summed E-state index contributed by atoms with van der Waals surface area (Å²) in [4.78, 5) is 56.0. The molecule has 2 saturated heterocycles. The van der Waals surface area contributed by atoms with E-state index in [9.17, 15) is 24.3 Å². The van der Waals surface area contributed by atoms with Crippen LogP contribution in [0.5, 0.6) is 0 Å². The molecule has 1 aliphatic carbocycles. The molecule has 3 fully saturated rings. The maximum Gasteiger partial charge on any atom is 0.251 e. The number of piperazine rings is 1. The fourth-order valence-electron chi connectivity index (χ4n) is 7.54. The number of aliphatic hydroxyl groups is 1. The maximum absolute atomic E-state index is 13.9. The van der Waals surface area contributed by atoms with E-state index in [4.69, 9.17) is 5.73 Å². The highest BCUT2D eigenvalue weighted by Gasteiger charge is 2.55. The summed E-state index contributed by atoms with van der Waals surface area (Å²) in [6.45, 7) is 4.68. The van der Waals surface area contributed by atoms with Crippen molar-refractivity contribution < 1.29 is 24.3 Å². The first-order valence-corrected chi connectivity index (χ1v) is 16.9. The second-order valence-electron chi connectivity index (χ2n) is 13.3. The van der Waals surface area contributed by atoms with Crippen molar-refractivity contribution >= 4 is 36.0 Å². The summed E-state index contributed by atoms with van der Waals surface area (Å²) >= 11 is 0. The normalized spacial score (nSPS) is 20.7. The van der Waals surface area contributed by atoms with Crippen LogP contribution in [-0.4, -0.2) is 82.9 Å². The highest BCUT2D eigenvalue weighted by atomic mass is 35.5. The number of benzene rings is 2. The van der Waals surface area contributed by atoms with Gasteiger partial charge in [-0.3, -0.25) is 24.1 Å². The molecule has 5 rings (SSSR count). The fraction of sp³-hybridized carbons (Fsp3) is 0.556. The SMILES string of the molecule is CCCCN1C(=O)[C@@H]([C@H](O)C2CCCCC2)NC(=O)C12CCN(Cc1ccc(Cc3cc(C(=O)NC)ccc3C(N)=O)cc1)CC2.Cl. The average Bonchev–Trinajstić information content (AvgIpc) is 3.07. The first-order valence-electron chi connectivity index (χ1n) is 16.9. The molecule has 1 saturated carbocycles. The van der Waals surface area contributed by atoms with Crippen LogP contribution in [0.3, 0.4) is 0 Å². The number of primary amides is 1. The number of nitrogens with one attached hydrogen (secondary N) is 2. The Morgan fingerprint density at radius 1 is 1.04 bits per heavy atom. The molecule has 0 bridgehead atoms. The molecule has 2 aromatic carbocycles. The molecule has 2 heterocycles. The van der Waals surface area contributed by atoms with Gasteiger partial charge in [-0.15, -0.1) is 12.4 Å². The Morgan fingerprint density at radius 3 is 2.32 bits per heavy atom. The third-order valence-electron chi connectivity index (χ3n) is 10.3. The van der Waals surface area contributed by atoms with Crippen LogP contribution in [0.4, 0.5) is 0 Å². The molecule has 0 radical (unpaired) electrons. The lowest BCUT2D eigenvalue weighted by Crippen LogP contribution is -2.75. The molecule has 4 amide bonds. The Labute approximate surface area is 284 Å². The van der Waals surface area contributed by atoms with Crippen molar-refractivity contribution in [3.63, 3.8) is 0 Å². The van der Waals surface area contributed by atoms with E-state index in [2.05, 4.69) is 34.6 Å². The number of likely N-dealkylation sites (tertiary alicyclic amines) is 1. The van der Waals surface area contributed by atoms with Crippen LogP contribution in [0.25, 0.3) is 0 Å². The van der Waals surface area contributed by atoms with Gasteiger partial charge >= 0.3 is 0 Å². The van der Waals surface area contributed by atoms with Crippen molar-refractivity contribution in [3.05, 3.63) is 70.3 Å². The van der Waals surface area contributed by atoms with Crippen LogP contribution in [0.15, 0.2) is 42.5 Å². The van der Waals surface area contributed by atoms with Gasteiger partial charge in [0.05, 0.1) is 6.10 Å². The van der Waals surface area contributed by atoms with Crippen LogP contribution in [0, 0.1) is 5.92 Å². The van der Waals surface area contributed by atoms with Crippen LogP contribution in [-0.2, 0) is 22.6 Å². The number of nitrogens with two attached hydrogens (primary N) is 1. The number of hydrogen-bond donors (Lipinski definition) is 4. The predicted molar refractivity (Wildman–Crippen MR) is 183 cm³/mol. The number of halogens is 1. The van der Waals surface area contributed by atoms with Gasteiger partial charge < -0.3 is 26.4 Å². The van der Waals surface area contributed by atoms with Gasteiger partial charge in [-0.1, -0.05) is 56.9 Å². The van der Waals surface area contributed by atoms with Crippen molar-refractivity contribution in [2.75, 3.05) is 26.7 Å². The Morgan fingerprint density at radius 2 is 1.70 bits per heavy atom. The maximum atomic E-state index is 13.9. The summed E-state index contributed by atoms with van der Waals surface area (Å²) in [5.74, 6) is -0.957. The van der Waals surface area contributed by atoms with E-state index in [1.165, 1.54) is 0 Å². The summed E-state index contributed by atoms with van der Waals surface area (Å²) in [5, 5.41) is 16.8. The van der Waals surface area contributed by atoms with Crippen molar-refractivity contribution in [1.29, 1.82) is 0 Å². The minimum absolute atomic E-state index is 0. The van der Waals surface area contributed by atoms with Gasteiger partial charge in [-0.2, -0.15) is 0 Å². The van der Waals surface area contributed by atoms with Gasteiger partial charge in [0.25, 0.3) is 5.91 Å². The second-order valence-corrected chi connectivity index (χ2v) is 13.3. The topological polar surface area (TPSA) is 145 Å². The molecule has 2 aliphatic heterocycles. The highest BCUT2D eigenvalue weighted by Crippen LogP contribution is 2.36. The third kappa shape index (κ3) is 7.99. The van der Waals surface area contributed by atoms with E-state index in [0.29, 0.717) is 62.1 Å². The minimum atomic E-state index is -0.878. The van der Waals surface area contributed by atoms with Crippen molar-refractivity contribution in [2.45, 2.75) is 95.4 Å².